The Labute approximate surface area is 168 Å². The summed E-state index contributed by atoms with van der Waals surface area (Å²) in [4.78, 5) is 15.4. The third-order valence-electron chi connectivity index (χ3n) is 4.24. The van der Waals surface area contributed by atoms with E-state index in [-0.39, 0.29) is 23.7 Å². The molecule has 154 valence electrons. The van der Waals surface area contributed by atoms with Gasteiger partial charge in [0.05, 0.1) is 37.8 Å². The van der Waals surface area contributed by atoms with E-state index >= 15 is 0 Å². The van der Waals surface area contributed by atoms with E-state index in [0.717, 1.165) is 0 Å². The monoisotopic (exact) mass is 418 g/mol. The quantitative estimate of drug-likeness (QED) is 0.544. The van der Waals surface area contributed by atoms with Crippen LogP contribution < -0.4 is 14.2 Å². The maximum absolute atomic E-state index is 12.8. The number of ether oxygens (including phenoxy) is 3. The Bertz CT molecular complexity index is 1120. The number of hydrogen-bond donors (Lipinski definition) is 2. The Kier molecular flexibility index (Phi) is 5.97. The van der Waals surface area contributed by atoms with Crippen LogP contribution in [-0.2, 0) is 20.5 Å². The Morgan fingerprint density at radius 3 is 2.34 bits per heavy atom. The number of aromatic amines is 1. The van der Waals surface area contributed by atoms with Gasteiger partial charge in [0.2, 0.25) is 10.0 Å². The summed E-state index contributed by atoms with van der Waals surface area (Å²) < 4.78 is 43.8. The van der Waals surface area contributed by atoms with Crippen molar-refractivity contribution in [3.8, 4) is 11.5 Å². The molecule has 0 bridgehead atoms. The second-order valence-corrected chi connectivity index (χ2v) is 7.92. The second kappa shape index (κ2) is 8.44. The van der Waals surface area contributed by atoms with Crippen molar-refractivity contribution in [1.29, 1.82) is 0 Å². The maximum atomic E-state index is 12.8. The molecular formula is C20H22N2O6S. The van der Waals surface area contributed by atoms with Crippen LogP contribution in [0, 0.1) is 0 Å². The number of anilines is 1. The van der Waals surface area contributed by atoms with Crippen molar-refractivity contribution in [2.75, 3.05) is 25.5 Å². The number of fused-ring (bicyclic) bond motifs is 1. The molecule has 9 heteroatoms. The summed E-state index contributed by atoms with van der Waals surface area (Å²) in [5.41, 5.74) is 1.24. The fourth-order valence-corrected chi connectivity index (χ4v) is 4.20. The minimum Gasteiger partial charge on any atom is -0.493 e. The first kappa shape index (κ1) is 20.5. The van der Waals surface area contributed by atoms with Crippen molar-refractivity contribution in [2.24, 2.45) is 0 Å². The Balaban J connectivity index is 2.10. The van der Waals surface area contributed by atoms with E-state index in [1.165, 1.54) is 14.2 Å². The molecule has 0 aliphatic heterocycles. The van der Waals surface area contributed by atoms with E-state index in [4.69, 9.17) is 14.2 Å². The summed E-state index contributed by atoms with van der Waals surface area (Å²) in [6.07, 6.45) is 0. The van der Waals surface area contributed by atoms with Crippen LogP contribution in [0.25, 0.3) is 10.9 Å². The summed E-state index contributed by atoms with van der Waals surface area (Å²) in [5.74, 6) is -0.0666. The predicted octanol–water partition coefficient (Wildman–Crippen LogP) is 3.30. The fourth-order valence-electron chi connectivity index (χ4n) is 2.97. The first-order chi connectivity index (χ1) is 13.9. The van der Waals surface area contributed by atoms with Crippen LogP contribution in [0.4, 0.5) is 5.69 Å². The zero-order valence-corrected chi connectivity index (χ0v) is 17.1. The summed E-state index contributed by atoms with van der Waals surface area (Å²) in [7, 11) is -0.843. The minimum absolute atomic E-state index is 0.00814. The van der Waals surface area contributed by atoms with Crippen LogP contribution in [0.2, 0.25) is 0 Å². The van der Waals surface area contributed by atoms with E-state index < -0.39 is 16.0 Å². The van der Waals surface area contributed by atoms with Crippen molar-refractivity contribution in [3.05, 3.63) is 53.7 Å². The normalized spacial score (nSPS) is 11.3. The van der Waals surface area contributed by atoms with Crippen molar-refractivity contribution in [1.82, 2.24) is 4.98 Å². The van der Waals surface area contributed by atoms with Gasteiger partial charge in [-0.1, -0.05) is 30.3 Å². The zero-order valence-electron chi connectivity index (χ0n) is 16.3. The first-order valence-corrected chi connectivity index (χ1v) is 10.5. The highest BCUT2D eigenvalue weighted by atomic mass is 32.2. The predicted molar refractivity (Wildman–Crippen MR) is 110 cm³/mol. The molecule has 0 aliphatic rings. The summed E-state index contributed by atoms with van der Waals surface area (Å²) in [6.45, 7) is 1.82. The van der Waals surface area contributed by atoms with Gasteiger partial charge in [-0.2, -0.15) is 0 Å². The van der Waals surface area contributed by atoms with Crippen molar-refractivity contribution < 1.29 is 27.4 Å². The molecule has 2 N–H and O–H groups in total. The number of sulfonamides is 1. The molecule has 0 unspecified atom stereocenters. The molecule has 0 atom stereocenters. The standard InChI is InChI=1S/C20H22N2O6S/c1-4-28-20(23)19-18(22-29(24,25)12-13-8-6-5-7-9-13)14-10-16(26-2)17(27-3)11-15(14)21-19/h5-11,21-22H,4,12H2,1-3H3. The number of carbonyl (C=O) groups excluding carboxylic acids is 1. The summed E-state index contributed by atoms with van der Waals surface area (Å²) in [6, 6.07) is 12.0. The molecule has 8 nitrogen and oxygen atoms in total. The third-order valence-corrected chi connectivity index (χ3v) is 5.47. The van der Waals surface area contributed by atoms with Gasteiger partial charge in [-0.15, -0.1) is 0 Å². The number of esters is 1. The van der Waals surface area contributed by atoms with Crippen LogP contribution in [-0.4, -0.2) is 40.2 Å². The SMILES string of the molecule is CCOC(=O)c1[nH]c2cc(OC)c(OC)cc2c1NS(=O)(=O)Cc1ccccc1. The highest BCUT2D eigenvalue weighted by molar-refractivity contribution is 7.92. The van der Waals surface area contributed by atoms with E-state index in [0.29, 0.717) is 28.0 Å². The van der Waals surface area contributed by atoms with Crippen molar-refractivity contribution >= 4 is 32.6 Å². The summed E-state index contributed by atoms with van der Waals surface area (Å²) in [5, 5.41) is 0.460. The molecule has 1 heterocycles. The average molecular weight is 418 g/mol. The number of aromatic nitrogens is 1. The molecule has 0 aliphatic carbocycles. The molecule has 0 spiro atoms. The smallest absolute Gasteiger partial charge is 0.356 e. The van der Waals surface area contributed by atoms with E-state index in [2.05, 4.69) is 9.71 Å². The van der Waals surface area contributed by atoms with E-state index in [1.54, 1.807) is 43.3 Å². The van der Waals surface area contributed by atoms with Crippen molar-refractivity contribution in [3.63, 3.8) is 0 Å². The first-order valence-electron chi connectivity index (χ1n) is 8.87. The van der Waals surface area contributed by atoms with Crippen LogP contribution >= 0.6 is 0 Å². The van der Waals surface area contributed by atoms with Gasteiger partial charge in [0.25, 0.3) is 0 Å². The van der Waals surface area contributed by atoms with Gasteiger partial charge in [-0.3, -0.25) is 4.72 Å². The largest absolute Gasteiger partial charge is 0.493 e. The average Bonchev–Trinajstić information content (AvgIpc) is 3.04. The Hall–Kier alpha value is -3.20. The lowest BCUT2D eigenvalue weighted by atomic mass is 10.2. The number of hydrogen-bond acceptors (Lipinski definition) is 6. The molecule has 3 aromatic rings. The molecule has 0 saturated heterocycles. The molecule has 0 radical (unpaired) electrons. The molecular weight excluding hydrogens is 396 g/mol. The lowest BCUT2D eigenvalue weighted by Gasteiger charge is -2.11. The van der Waals surface area contributed by atoms with Crippen molar-refractivity contribution in [2.45, 2.75) is 12.7 Å². The number of nitrogens with one attached hydrogen (secondary N) is 2. The number of carbonyl (C=O) groups is 1. The van der Waals surface area contributed by atoms with Crippen LogP contribution in [0.1, 0.15) is 23.0 Å². The number of H-pyrrole nitrogens is 1. The fraction of sp³-hybridized carbons (Fsp3) is 0.250. The molecule has 1 aromatic heterocycles. The molecule has 0 fully saturated rings. The van der Waals surface area contributed by atoms with Gasteiger partial charge >= 0.3 is 5.97 Å². The highest BCUT2D eigenvalue weighted by Crippen LogP contribution is 2.38. The van der Waals surface area contributed by atoms with Gasteiger partial charge in [0, 0.05) is 11.5 Å². The molecule has 3 rings (SSSR count). The Morgan fingerprint density at radius 2 is 1.72 bits per heavy atom. The van der Waals surface area contributed by atoms with Gasteiger partial charge in [0.15, 0.2) is 17.2 Å². The number of methoxy groups -OCH3 is 2. The van der Waals surface area contributed by atoms with E-state index in [1.807, 2.05) is 6.07 Å². The third kappa shape index (κ3) is 4.45. The minimum atomic E-state index is -3.81. The van der Waals surface area contributed by atoms with Gasteiger partial charge in [-0.05, 0) is 18.6 Å². The summed E-state index contributed by atoms with van der Waals surface area (Å²) >= 11 is 0. The van der Waals surface area contributed by atoms with E-state index in [9.17, 15) is 13.2 Å². The highest BCUT2D eigenvalue weighted by Gasteiger charge is 2.24. The maximum Gasteiger partial charge on any atom is 0.356 e. The molecule has 2 aromatic carbocycles. The van der Waals surface area contributed by atoms with Gasteiger partial charge in [-0.25, -0.2) is 13.2 Å². The van der Waals surface area contributed by atoms with Crippen LogP contribution in [0.5, 0.6) is 11.5 Å². The van der Waals surface area contributed by atoms with Gasteiger partial charge in [0.1, 0.15) is 0 Å². The topological polar surface area (TPSA) is 107 Å². The number of rotatable bonds is 8. The zero-order chi connectivity index (χ0) is 21.0. The number of benzene rings is 2. The molecule has 0 amide bonds. The Morgan fingerprint density at radius 1 is 1.07 bits per heavy atom. The van der Waals surface area contributed by atoms with Crippen LogP contribution in [0.15, 0.2) is 42.5 Å². The lowest BCUT2D eigenvalue weighted by molar-refractivity contribution is 0.0522. The lowest BCUT2D eigenvalue weighted by Crippen LogP contribution is -2.17. The van der Waals surface area contributed by atoms with Crippen LogP contribution in [0.3, 0.4) is 0 Å². The van der Waals surface area contributed by atoms with Gasteiger partial charge < -0.3 is 19.2 Å². The molecule has 0 saturated carbocycles. The molecule has 29 heavy (non-hydrogen) atoms. The second-order valence-electron chi connectivity index (χ2n) is 6.19.